The van der Waals surface area contributed by atoms with Gasteiger partial charge in [-0.25, -0.2) is 0 Å². The average molecular weight is 228 g/mol. The molecule has 0 spiro atoms. The quantitative estimate of drug-likeness (QED) is 0.694. The Balaban J connectivity index is 2.30. The van der Waals surface area contributed by atoms with Crippen molar-refractivity contribution in [2.24, 2.45) is 5.73 Å². The largest absolute Gasteiger partial charge is 0.376 e. The highest BCUT2D eigenvalue weighted by atomic mass is 16.5. The molecule has 1 rings (SSSR count). The first kappa shape index (κ1) is 13.5. The molecule has 2 atom stereocenters. The van der Waals surface area contributed by atoms with Crippen molar-refractivity contribution in [3.63, 3.8) is 0 Å². The standard InChI is InChI=1S/C12H24N2O2/c1-3-4-9-16-10(2)11(13)12(15)14-7-5-6-8-14/h10-11H,3-9,13H2,1-2H3/t10-,11+/m1/s1. The topological polar surface area (TPSA) is 55.6 Å². The molecule has 16 heavy (non-hydrogen) atoms. The highest BCUT2D eigenvalue weighted by molar-refractivity contribution is 5.82. The van der Waals surface area contributed by atoms with Crippen molar-refractivity contribution >= 4 is 5.91 Å². The Morgan fingerprint density at radius 3 is 2.62 bits per heavy atom. The van der Waals surface area contributed by atoms with Crippen LogP contribution in [0.2, 0.25) is 0 Å². The Labute approximate surface area is 98.1 Å². The van der Waals surface area contributed by atoms with Crippen molar-refractivity contribution in [3.05, 3.63) is 0 Å². The molecule has 0 aromatic rings. The van der Waals surface area contributed by atoms with Crippen LogP contribution in [0.25, 0.3) is 0 Å². The van der Waals surface area contributed by atoms with E-state index in [9.17, 15) is 4.79 Å². The molecule has 0 aliphatic carbocycles. The maximum Gasteiger partial charge on any atom is 0.242 e. The molecule has 0 saturated carbocycles. The second-order valence-electron chi connectivity index (χ2n) is 4.49. The van der Waals surface area contributed by atoms with Gasteiger partial charge in [0.1, 0.15) is 6.04 Å². The van der Waals surface area contributed by atoms with Crippen LogP contribution in [0.1, 0.15) is 39.5 Å². The highest BCUT2D eigenvalue weighted by Gasteiger charge is 2.27. The van der Waals surface area contributed by atoms with E-state index in [2.05, 4.69) is 6.92 Å². The van der Waals surface area contributed by atoms with Crippen molar-refractivity contribution in [1.82, 2.24) is 4.90 Å². The second-order valence-corrected chi connectivity index (χ2v) is 4.49. The Kier molecular flexibility index (Phi) is 5.77. The number of nitrogens with zero attached hydrogens (tertiary/aromatic N) is 1. The summed E-state index contributed by atoms with van der Waals surface area (Å²) in [6, 6.07) is -0.505. The first-order chi connectivity index (χ1) is 7.66. The molecule has 1 aliphatic heterocycles. The lowest BCUT2D eigenvalue weighted by Crippen LogP contribution is -2.49. The van der Waals surface area contributed by atoms with Gasteiger partial charge < -0.3 is 15.4 Å². The van der Waals surface area contributed by atoms with E-state index in [0.717, 1.165) is 38.8 Å². The van der Waals surface area contributed by atoms with Gasteiger partial charge in [-0.3, -0.25) is 4.79 Å². The smallest absolute Gasteiger partial charge is 0.242 e. The summed E-state index contributed by atoms with van der Waals surface area (Å²) in [4.78, 5) is 13.8. The van der Waals surface area contributed by atoms with Crippen LogP contribution in [0.3, 0.4) is 0 Å². The predicted octanol–water partition coefficient (Wildman–Crippen LogP) is 1.14. The lowest BCUT2D eigenvalue weighted by Gasteiger charge is -2.24. The van der Waals surface area contributed by atoms with E-state index >= 15 is 0 Å². The molecular weight excluding hydrogens is 204 g/mol. The maximum absolute atomic E-state index is 11.9. The molecule has 1 amide bonds. The summed E-state index contributed by atoms with van der Waals surface area (Å²) in [5, 5.41) is 0. The van der Waals surface area contributed by atoms with E-state index in [0.29, 0.717) is 6.61 Å². The van der Waals surface area contributed by atoms with Crippen molar-refractivity contribution in [2.75, 3.05) is 19.7 Å². The summed E-state index contributed by atoms with van der Waals surface area (Å²) in [6.07, 6.45) is 4.14. The van der Waals surface area contributed by atoms with Gasteiger partial charge in [-0.15, -0.1) is 0 Å². The minimum Gasteiger partial charge on any atom is -0.376 e. The van der Waals surface area contributed by atoms with Gasteiger partial charge in [0.15, 0.2) is 0 Å². The fourth-order valence-corrected chi connectivity index (χ4v) is 1.87. The van der Waals surface area contributed by atoms with Gasteiger partial charge in [-0.2, -0.15) is 0 Å². The summed E-state index contributed by atoms with van der Waals surface area (Å²) < 4.78 is 5.55. The zero-order chi connectivity index (χ0) is 12.0. The van der Waals surface area contributed by atoms with Gasteiger partial charge >= 0.3 is 0 Å². The number of rotatable bonds is 6. The summed E-state index contributed by atoms with van der Waals surface area (Å²) >= 11 is 0. The molecule has 1 heterocycles. The molecular formula is C12H24N2O2. The van der Waals surface area contributed by atoms with Crippen LogP contribution in [-0.2, 0) is 9.53 Å². The van der Waals surface area contributed by atoms with Crippen LogP contribution in [0.4, 0.5) is 0 Å². The number of carbonyl (C=O) groups is 1. The molecule has 2 N–H and O–H groups in total. The van der Waals surface area contributed by atoms with Gasteiger partial charge in [-0.05, 0) is 26.2 Å². The molecule has 0 aromatic heterocycles. The Hall–Kier alpha value is -0.610. The second kappa shape index (κ2) is 6.86. The van der Waals surface area contributed by atoms with Gasteiger partial charge in [-0.1, -0.05) is 13.3 Å². The minimum absolute atomic E-state index is 0.0431. The molecule has 0 bridgehead atoms. The molecule has 0 aromatic carbocycles. The van der Waals surface area contributed by atoms with Gasteiger partial charge in [0.25, 0.3) is 0 Å². The third-order valence-corrected chi connectivity index (χ3v) is 3.09. The molecule has 0 unspecified atom stereocenters. The molecule has 4 nitrogen and oxygen atoms in total. The SMILES string of the molecule is CCCCO[C@H](C)[C@H](N)C(=O)N1CCCC1. The number of carbonyl (C=O) groups excluding carboxylic acids is 1. The number of amides is 1. The monoisotopic (exact) mass is 228 g/mol. The zero-order valence-electron chi connectivity index (χ0n) is 10.4. The summed E-state index contributed by atoms with van der Waals surface area (Å²) in [5.41, 5.74) is 5.91. The van der Waals surface area contributed by atoms with E-state index in [1.807, 2.05) is 11.8 Å². The van der Waals surface area contributed by atoms with Gasteiger partial charge in [0.05, 0.1) is 6.10 Å². The van der Waals surface area contributed by atoms with E-state index < -0.39 is 6.04 Å². The normalized spacial score (nSPS) is 19.8. The fourth-order valence-electron chi connectivity index (χ4n) is 1.87. The zero-order valence-corrected chi connectivity index (χ0v) is 10.4. The first-order valence-electron chi connectivity index (χ1n) is 6.32. The van der Waals surface area contributed by atoms with Gasteiger partial charge in [0.2, 0.25) is 5.91 Å². The summed E-state index contributed by atoms with van der Waals surface area (Å²) in [7, 11) is 0. The number of unbranched alkanes of at least 4 members (excludes halogenated alkanes) is 1. The van der Waals surface area contributed by atoms with E-state index in [1.165, 1.54) is 0 Å². The number of hydrogen-bond donors (Lipinski definition) is 1. The van der Waals surface area contributed by atoms with Gasteiger partial charge in [0, 0.05) is 19.7 Å². The summed E-state index contributed by atoms with van der Waals surface area (Å²) in [6.45, 7) is 6.40. The lowest BCUT2D eigenvalue weighted by molar-refractivity contribution is -0.134. The van der Waals surface area contributed by atoms with Crippen LogP contribution < -0.4 is 5.73 Å². The molecule has 0 radical (unpaired) electrons. The third-order valence-electron chi connectivity index (χ3n) is 3.09. The van der Waals surface area contributed by atoms with E-state index in [1.54, 1.807) is 0 Å². The van der Waals surface area contributed by atoms with Crippen molar-refractivity contribution in [1.29, 1.82) is 0 Å². The van der Waals surface area contributed by atoms with Crippen molar-refractivity contribution in [2.45, 2.75) is 51.7 Å². The van der Waals surface area contributed by atoms with E-state index in [4.69, 9.17) is 10.5 Å². The molecule has 1 fully saturated rings. The number of ether oxygens (including phenoxy) is 1. The van der Waals surface area contributed by atoms with Crippen LogP contribution in [0.15, 0.2) is 0 Å². The molecule has 4 heteroatoms. The third kappa shape index (κ3) is 3.76. The number of nitrogens with two attached hydrogens (primary N) is 1. The Morgan fingerprint density at radius 2 is 2.06 bits per heavy atom. The highest BCUT2D eigenvalue weighted by Crippen LogP contribution is 2.10. The van der Waals surface area contributed by atoms with Crippen LogP contribution >= 0.6 is 0 Å². The lowest BCUT2D eigenvalue weighted by atomic mass is 10.1. The van der Waals surface area contributed by atoms with E-state index in [-0.39, 0.29) is 12.0 Å². The van der Waals surface area contributed by atoms with Crippen LogP contribution in [0, 0.1) is 0 Å². The minimum atomic E-state index is -0.505. The van der Waals surface area contributed by atoms with Crippen LogP contribution in [0.5, 0.6) is 0 Å². The Bertz CT molecular complexity index is 215. The predicted molar refractivity (Wildman–Crippen MR) is 64.1 cm³/mol. The maximum atomic E-state index is 11.9. The molecule has 1 saturated heterocycles. The number of hydrogen-bond acceptors (Lipinski definition) is 3. The van der Waals surface area contributed by atoms with Crippen molar-refractivity contribution in [3.8, 4) is 0 Å². The summed E-state index contributed by atoms with van der Waals surface area (Å²) in [5.74, 6) is 0.0431. The molecule has 94 valence electrons. The number of likely N-dealkylation sites (tertiary alicyclic amines) is 1. The first-order valence-corrected chi connectivity index (χ1v) is 6.32. The van der Waals surface area contributed by atoms with Crippen LogP contribution in [-0.4, -0.2) is 42.6 Å². The Morgan fingerprint density at radius 1 is 1.44 bits per heavy atom. The van der Waals surface area contributed by atoms with Crippen molar-refractivity contribution < 1.29 is 9.53 Å². The molecule has 1 aliphatic rings. The average Bonchev–Trinajstić information content (AvgIpc) is 2.80. The fraction of sp³-hybridized carbons (Fsp3) is 0.917.